The van der Waals surface area contributed by atoms with Crippen LogP contribution in [-0.2, 0) is 4.79 Å². The van der Waals surface area contributed by atoms with Gasteiger partial charge in [0.2, 0.25) is 0 Å². The predicted octanol–water partition coefficient (Wildman–Crippen LogP) is 2.26. The van der Waals surface area contributed by atoms with E-state index in [1.807, 2.05) is 18.2 Å². The van der Waals surface area contributed by atoms with Crippen LogP contribution in [0.3, 0.4) is 0 Å². The van der Waals surface area contributed by atoms with Crippen LogP contribution in [0.1, 0.15) is 24.3 Å². The lowest BCUT2D eigenvalue weighted by Crippen LogP contribution is -1.96. The molecule has 1 saturated carbocycles. The van der Waals surface area contributed by atoms with Gasteiger partial charge in [-0.15, -0.1) is 0 Å². The smallest absolute Gasteiger partial charge is 0.303 e. The minimum Gasteiger partial charge on any atom is -0.481 e. The molecule has 2 rings (SSSR count). The summed E-state index contributed by atoms with van der Waals surface area (Å²) in [5.41, 5.74) is 1.29. The van der Waals surface area contributed by atoms with Gasteiger partial charge in [0.1, 0.15) is 0 Å². The zero-order valence-corrected chi connectivity index (χ0v) is 7.31. The van der Waals surface area contributed by atoms with E-state index in [0.29, 0.717) is 18.3 Å². The van der Waals surface area contributed by atoms with Gasteiger partial charge in [-0.1, -0.05) is 30.3 Å². The minimum atomic E-state index is -0.677. The largest absolute Gasteiger partial charge is 0.481 e. The first kappa shape index (κ1) is 8.30. The van der Waals surface area contributed by atoms with E-state index < -0.39 is 5.97 Å². The summed E-state index contributed by atoms with van der Waals surface area (Å²) < 4.78 is 0. The van der Waals surface area contributed by atoms with E-state index in [-0.39, 0.29) is 0 Å². The normalized spacial score (nSPS) is 25.5. The zero-order valence-electron chi connectivity index (χ0n) is 7.31. The van der Waals surface area contributed by atoms with Crippen LogP contribution in [0.2, 0.25) is 0 Å². The first-order chi connectivity index (χ1) is 6.27. The second kappa shape index (κ2) is 3.21. The Morgan fingerprint density at radius 1 is 1.38 bits per heavy atom. The third-order valence-electron chi connectivity index (χ3n) is 2.59. The van der Waals surface area contributed by atoms with Gasteiger partial charge in [-0.3, -0.25) is 4.79 Å². The summed E-state index contributed by atoms with van der Waals surface area (Å²) in [5, 5.41) is 8.59. The fourth-order valence-electron chi connectivity index (χ4n) is 1.81. The standard InChI is InChI=1S/C11H12O2/c12-11(13)7-9-6-10(9)8-4-2-1-3-5-8/h1-5,9-10H,6-7H2,(H,12,13)/t9-,10-/m0/s1. The highest BCUT2D eigenvalue weighted by molar-refractivity contribution is 5.67. The summed E-state index contributed by atoms with van der Waals surface area (Å²) >= 11 is 0. The lowest BCUT2D eigenvalue weighted by atomic mass is 10.1. The van der Waals surface area contributed by atoms with E-state index in [4.69, 9.17) is 5.11 Å². The van der Waals surface area contributed by atoms with Crippen LogP contribution in [-0.4, -0.2) is 11.1 Å². The van der Waals surface area contributed by atoms with Crippen molar-refractivity contribution in [2.24, 2.45) is 5.92 Å². The molecule has 2 heteroatoms. The van der Waals surface area contributed by atoms with E-state index >= 15 is 0 Å². The molecule has 0 aliphatic heterocycles. The van der Waals surface area contributed by atoms with Crippen LogP contribution < -0.4 is 0 Å². The molecule has 0 amide bonds. The molecule has 0 radical (unpaired) electrons. The van der Waals surface area contributed by atoms with Crippen molar-refractivity contribution in [1.29, 1.82) is 0 Å². The van der Waals surface area contributed by atoms with Gasteiger partial charge in [0.05, 0.1) is 0 Å². The summed E-state index contributed by atoms with van der Waals surface area (Å²) in [7, 11) is 0. The van der Waals surface area contributed by atoms with E-state index in [2.05, 4.69) is 12.1 Å². The molecule has 0 spiro atoms. The molecule has 2 nitrogen and oxygen atoms in total. The van der Waals surface area contributed by atoms with Crippen molar-refractivity contribution >= 4 is 5.97 Å². The summed E-state index contributed by atoms with van der Waals surface area (Å²) in [6.07, 6.45) is 1.36. The Bertz CT molecular complexity index is 305. The zero-order chi connectivity index (χ0) is 9.26. The molecule has 1 aliphatic carbocycles. The van der Waals surface area contributed by atoms with Gasteiger partial charge in [-0.25, -0.2) is 0 Å². The number of hydrogen-bond acceptors (Lipinski definition) is 1. The first-order valence-electron chi connectivity index (χ1n) is 4.54. The quantitative estimate of drug-likeness (QED) is 0.767. The molecule has 1 N–H and O–H groups in total. The first-order valence-corrected chi connectivity index (χ1v) is 4.54. The second-order valence-corrected chi connectivity index (χ2v) is 3.61. The van der Waals surface area contributed by atoms with E-state index in [0.717, 1.165) is 6.42 Å². The summed E-state index contributed by atoms with van der Waals surface area (Å²) in [6.45, 7) is 0. The second-order valence-electron chi connectivity index (χ2n) is 3.61. The monoisotopic (exact) mass is 176 g/mol. The maximum absolute atomic E-state index is 10.4. The van der Waals surface area contributed by atoms with Gasteiger partial charge in [0, 0.05) is 6.42 Å². The Morgan fingerprint density at radius 3 is 2.69 bits per heavy atom. The summed E-state index contributed by atoms with van der Waals surface area (Å²) in [5.74, 6) is 0.195. The van der Waals surface area contributed by atoms with Gasteiger partial charge in [-0.05, 0) is 23.8 Å². The van der Waals surface area contributed by atoms with Crippen LogP contribution in [0.5, 0.6) is 0 Å². The highest BCUT2D eigenvalue weighted by Crippen LogP contribution is 2.49. The predicted molar refractivity (Wildman–Crippen MR) is 49.5 cm³/mol. The van der Waals surface area contributed by atoms with E-state index in [1.54, 1.807) is 0 Å². The van der Waals surface area contributed by atoms with Crippen molar-refractivity contribution in [3.05, 3.63) is 35.9 Å². The summed E-state index contributed by atoms with van der Waals surface area (Å²) in [4.78, 5) is 10.4. The third-order valence-corrected chi connectivity index (χ3v) is 2.59. The van der Waals surface area contributed by atoms with Crippen molar-refractivity contribution in [3.8, 4) is 0 Å². The SMILES string of the molecule is O=C(O)C[C@@H]1C[C@H]1c1ccccc1. The van der Waals surface area contributed by atoms with Crippen molar-refractivity contribution in [2.75, 3.05) is 0 Å². The maximum atomic E-state index is 10.4. The molecule has 1 aromatic carbocycles. The average Bonchev–Trinajstić information content (AvgIpc) is 2.84. The molecule has 1 fully saturated rings. The third kappa shape index (κ3) is 1.89. The molecule has 0 aromatic heterocycles. The van der Waals surface area contributed by atoms with Gasteiger partial charge in [0.15, 0.2) is 0 Å². The van der Waals surface area contributed by atoms with Gasteiger partial charge >= 0.3 is 5.97 Å². The van der Waals surface area contributed by atoms with Crippen molar-refractivity contribution < 1.29 is 9.90 Å². The van der Waals surface area contributed by atoms with Crippen LogP contribution in [0.15, 0.2) is 30.3 Å². The number of carboxylic acids is 1. The fraction of sp³-hybridized carbons (Fsp3) is 0.364. The number of hydrogen-bond donors (Lipinski definition) is 1. The Kier molecular flexibility index (Phi) is 2.05. The Hall–Kier alpha value is -1.31. The maximum Gasteiger partial charge on any atom is 0.303 e. The van der Waals surface area contributed by atoms with Crippen molar-refractivity contribution in [3.63, 3.8) is 0 Å². The average molecular weight is 176 g/mol. The highest BCUT2D eigenvalue weighted by atomic mass is 16.4. The van der Waals surface area contributed by atoms with Gasteiger partial charge in [-0.2, -0.15) is 0 Å². The van der Waals surface area contributed by atoms with E-state index in [1.165, 1.54) is 5.56 Å². The van der Waals surface area contributed by atoms with E-state index in [9.17, 15) is 4.79 Å². The van der Waals surface area contributed by atoms with Crippen LogP contribution in [0.4, 0.5) is 0 Å². The lowest BCUT2D eigenvalue weighted by Gasteiger charge is -1.97. The van der Waals surface area contributed by atoms with Crippen LogP contribution in [0, 0.1) is 5.92 Å². The Morgan fingerprint density at radius 2 is 2.08 bits per heavy atom. The molecule has 1 aliphatic rings. The molecule has 2 atom stereocenters. The molecule has 1 aromatic rings. The Balaban J connectivity index is 1.97. The molecule has 0 heterocycles. The molecule has 13 heavy (non-hydrogen) atoms. The number of benzene rings is 1. The molecule has 68 valence electrons. The van der Waals surface area contributed by atoms with Crippen molar-refractivity contribution in [2.45, 2.75) is 18.8 Å². The molecular weight excluding hydrogens is 164 g/mol. The topological polar surface area (TPSA) is 37.3 Å². The number of carbonyl (C=O) groups is 1. The number of rotatable bonds is 3. The minimum absolute atomic E-state index is 0.319. The van der Waals surface area contributed by atoms with Gasteiger partial charge < -0.3 is 5.11 Å². The van der Waals surface area contributed by atoms with Crippen molar-refractivity contribution in [1.82, 2.24) is 0 Å². The Labute approximate surface area is 77.2 Å². The number of aliphatic carboxylic acids is 1. The molecular formula is C11H12O2. The fourth-order valence-corrected chi connectivity index (χ4v) is 1.81. The molecule has 0 unspecified atom stereocenters. The van der Waals surface area contributed by atoms with Crippen LogP contribution in [0.25, 0.3) is 0 Å². The molecule has 0 bridgehead atoms. The number of carboxylic acid groups (broad SMARTS) is 1. The lowest BCUT2D eigenvalue weighted by molar-refractivity contribution is -0.137. The van der Waals surface area contributed by atoms with Crippen LogP contribution >= 0.6 is 0 Å². The summed E-state index contributed by atoms with van der Waals surface area (Å²) in [6, 6.07) is 10.1. The highest BCUT2D eigenvalue weighted by Gasteiger charge is 2.39. The van der Waals surface area contributed by atoms with Gasteiger partial charge in [0.25, 0.3) is 0 Å². The molecule has 0 saturated heterocycles.